The molecule has 1 saturated heterocycles. The lowest BCUT2D eigenvalue weighted by Gasteiger charge is -2.35. The van der Waals surface area contributed by atoms with E-state index in [1.54, 1.807) is 45.1 Å². The van der Waals surface area contributed by atoms with Crippen molar-refractivity contribution >= 4 is 17.5 Å². The molecule has 3 aromatic rings. The maximum Gasteiger partial charge on any atom is 0.231 e. The van der Waals surface area contributed by atoms with Gasteiger partial charge in [-0.2, -0.15) is 9.49 Å². The molecule has 5 rings (SSSR count). The van der Waals surface area contributed by atoms with Crippen LogP contribution in [0.15, 0.2) is 43.0 Å². The standard InChI is InChI=1S/C25H30F2N8O2/c26-20-10-19(35-8-1-7-32-35)3-2-17(20)12-34(18-4-5-18)25-23(27)24(30-15-31-25)29-11-16-6-9-33(13-21(16)36)14-22(28)37/h1-3,7-8,10,15-16,18,21,36H,4-6,9,11-14H2,(H2,28,37)(H,29,30,31)/t16?,21-/m0/s1. The number of anilines is 2. The van der Waals surface area contributed by atoms with Crippen LogP contribution in [-0.4, -0.2) is 74.0 Å². The second kappa shape index (κ2) is 10.8. The van der Waals surface area contributed by atoms with Crippen molar-refractivity contribution in [3.63, 3.8) is 0 Å². The summed E-state index contributed by atoms with van der Waals surface area (Å²) in [5, 5.41) is 17.6. The summed E-state index contributed by atoms with van der Waals surface area (Å²) in [6, 6.07) is 6.71. The van der Waals surface area contributed by atoms with Crippen molar-refractivity contribution in [1.82, 2.24) is 24.6 Å². The van der Waals surface area contributed by atoms with Crippen molar-refractivity contribution in [3.05, 3.63) is 60.2 Å². The first kappa shape index (κ1) is 25.0. The number of halogens is 2. The summed E-state index contributed by atoms with van der Waals surface area (Å²) in [6.07, 6.45) is 6.34. The first-order valence-corrected chi connectivity index (χ1v) is 12.4. The molecule has 1 aliphatic heterocycles. The third kappa shape index (κ3) is 5.86. The molecule has 1 unspecified atom stereocenters. The summed E-state index contributed by atoms with van der Waals surface area (Å²) in [6.45, 7) is 1.52. The van der Waals surface area contributed by atoms with Crippen LogP contribution < -0.4 is 16.0 Å². The third-order valence-electron chi connectivity index (χ3n) is 6.89. The number of aromatic nitrogens is 4. The fraction of sp³-hybridized carbons (Fsp3) is 0.440. The quantitative estimate of drug-likeness (QED) is 0.375. The number of carbonyl (C=O) groups is 1. The van der Waals surface area contributed by atoms with Gasteiger partial charge in [-0.3, -0.25) is 9.69 Å². The fourth-order valence-corrected chi connectivity index (χ4v) is 4.73. The van der Waals surface area contributed by atoms with E-state index in [0.29, 0.717) is 37.3 Å². The van der Waals surface area contributed by atoms with Crippen LogP contribution in [0.2, 0.25) is 0 Å². The molecule has 0 spiro atoms. The lowest BCUT2D eigenvalue weighted by Crippen LogP contribution is -2.48. The van der Waals surface area contributed by atoms with Gasteiger partial charge in [-0.15, -0.1) is 0 Å². The molecule has 2 atom stereocenters. The summed E-state index contributed by atoms with van der Waals surface area (Å²) in [5.74, 6) is -1.42. The van der Waals surface area contributed by atoms with Crippen molar-refractivity contribution in [3.8, 4) is 5.69 Å². The number of hydrogen-bond donors (Lipinski definition) is 3. The van der Waals surface area contributed by atoms with E-state index in [4.69, 9.17) is 5.73 Å². The number of benzene rings is 1. The number of primary amides is 1. The number of β-amino-alcohol motifs (C(OH)–C–C–N with tert-alkyl or cyclic N) is 1. The third-order valence-corrected chi connectivity index (χ3v) is 6.89. The summed E-state index contributed by atoms with van der Waals surface area (Å²) < 4.78 is 32.1. The highest BCUT2D eigenvalue weighted by molar-refractivity contribution is 5.75. The molecule has 0 bridgehead atoms. The van der Waals surface area contributed by atoms with E-state index in [1.807, 2.05) is 0 Å². The van der Waals surface area contributed by atoms with Gasteiger partial charge in [0.15, 0.2) is 11.6 Å². The van der Waals surface area contributed by atoms with Gasteiger partial charge in [-0.25, -0.2) is 19.0 Å². The maximum absolute atomic E-state index is 15.6. The zero-order valence-electron chi connectivity index (χ0n) is 20.3. The van der Waals surface area contributed by atoms with Crippen LogP contribution in [0.4, 0.5) is 20.4 Å². The van der Waals surface area contributed by atoms with Gasteiger partial charge >= 0.3 is 0 Å². The molecule has 2 aliphatic rings. The molecule has 10 nitrogen and oxygen atoms in total. The Kier molecular flexibility index (Phi) is 7.28. The van der Waals surface area contributed by atoms with E-state index in [-0.39, 0.29) is 36.7 Å². The van der Waals surface area contributed by atoms with Crippen molar-refractivity contribution in [2.45, 2.75) is 38.0 Å². The zero-order valence-corrected chi connectivity index (χ0v) is 20.3. The van der Waals surface area contributed by atoms with Crippen molar-refractivity contribution < 1.29 is 18.7 Å². The molecule has 196 valence electrons. The monoisotopic (exact) mass is 512 g/mol. The minimum atomic E-state index is -0.680. The number of rotatable bonds is 10. The number of carbonyl (C=O) groups excluding carboxylic acids is 1. The average Bonchev–Trinajstić information content (AvgIpc) is 3.56. The maximum atomic E-state index is 15.6. The first-order chi connectivity index (χ1) is 17.9. The van der Waals surface area contributed by atoms with E-state index >= 15 is 4.39 Å². The summed E-state index contributed by atoms with van der Waals surface area (Å²) >= 11 is 0. The predicted molar refractivity (Wildman–Crippen MR) is 133 cm³/mol. The molecule has 4 N–H and O–H groups in total. The van der Waals surface area contributed by atoms with Gasteiger partial charge in [-0.05, 0) is 44.0 Å². The lowest BCUT2D eigenvalue weighted by molar-refractivity contribution is -0.120. The molecular formula is C25H30F2N8O2. The Morgan fingerprint density at radius 2 is 2.08 bits per heavy atom. The Balaban J connectivity index is 1.27. The fourth-order valence-electron chi connectivity index (χ4n) is 4.73. The highest BCUT2D eigenvalue weighted by atomic mass is 19.1. The van der Waals surface area contributed by atoms with E-state index in [2.05, 4.69) is 20.4 Å². The van der Waals surface area contributed by atoms with Crippen LogP contribution in [0.5, 0.6) is 0 Å². The van der Waals surface area contributed by atoms with E-state index in [9.17, 15) is 14.3 Å². The van der Waals surface area contributed by atoms with Crippen LogP contribution in [0, 0.1) is 17.6 Å². The predicted octanol–water partition coefficient (Wildman–Crippen LogP) is 1.69. The smallest absolute Gasteiger partial charge is 0.231 e. The molecular weight excluding hydrogens is 482 g/mol. The normalized spacial score (nSPS) is 20.1. The number of likely N-dealkylation sites (tertiary alicyclic amines) is 1. The minimum absolute atomic E-state index is 0.0388. The molecule has 3 heterocycles. The molecule has 2 fully saturated rings. The molecule has 1 saturated carbocycles. The Morgan fingerprint density at radius 3 is 2.76 bits per heavy atom. The Morgan fingerprint density at radius 1 is 1.24 bits per heavy atom. The number of piperidine rings is 1. The number of amides is 1. The molecule has 12 heteroatoms. The van der Waals surface area contributed by atoms with Gasteiger partial charge < -0.3 is 21.1 Å². The van der Waals surface area contributed by atoms with Gasteiger partial charge in [0.2, 0.25) is 11.7 Å². The Labute approximate surface area is 213 Å². The van der Waals surface area contributed by atoms with E-state index in [1.165, 1.54) is 12.4 Å². The van der Waals surface area contributed by atoms with Crippen LogP contribution >= 0.6 is 0 Å². The molecule has 1 aliphatic carbocycles. The van der Waals surface area contributed by atoms with Gasteiger partial charge in [0.1, 0.15) is 12.1 Å². The molecule has 37 heavy (non-hydrogen) atoms. The van der Waals surface area contributed by atoms with Crippen molar-refractivity contribution in [2.24, 2.45) is 11.7 Å². The molecule has 1 aromatic carbocycles. The Hall–Kier alpha value is -3.64. The topological polar surface area (TPSA) is 125 Å². The number of hydrogen-bond acceptors (Lipinski definition) is 8. The van der Waals surface area contributed by atoms with Crippen LogP contribution in [-0.2, 0) is 11.3 Å². The number of nitrogens with two attached hydrogens (primary N) is 1. The highest BCUT2D eigenvalue weighted by Crippen LogP contribution is 2.35. The lowest BCUT2D eigenvalue weighted by atomic mass is 9.93. The van der Waals surface area contributed by atoms with Gasteiger partial charge in [0.05, 0.1) is 18.3 Å². The average molecular weight is 513 g/mol. The van der Waals surface area contributed by atoms with Gasteiger partial charge in [-0.1, -0.05) is 6.07 Å². The SMILES string of the molecule is NC(=O)CN1CCC(CNc2ncnc(N(Cc3ccc(-n4cccn4)cc3F)C3CC3)c2F)[C@@H](O)C1. The van der Waals surface area contributed by atoms with Gasteiger partial charge in [0, 0.05) is 49.6 Å². The summed E-state index contributed by atoms with van der Waals surface area (Å²) in [7, 11) is 0. The van der Waals surface area contributed by atoms with Crippen LogP contribution in [0.1, 0.15) is 24.8 Å². The first-order valence-electron chi connectivity index (χ1n) is 12.4. The van der Waals surface area contributed by atoms with Crippen LogP contribution in [0.3, 0.4) is 0 Å². The second-order valence-corrected chi connectivity index (χ2v) is 9.64. The highest BCUT2D eigenvalue weighted by Gasteiger charge is 2.34. The number of aliphatic hydroxyl groups excluding tert-OH is 1. The van der Waals surface area contributed by atoms with Crippen LogP contribution in [0.25, 0.3) is 5.69 Å². The molecule has 0 radical (unpaired) electrons. The number of nitrogens with one attached hydrogen (secondary N) is 1. The van der Waals surface area contributed by atoms with Crippen molar-refractivity contribution in [1.29, 1.82) is 0 Å². The largest absolute Gasteiger partial charge is 0.391 e. The minimum Gasteiger partial charge on any atom is -0.391 e. The molecule has 2 aromatic heterocycles. The van der Waals surface area contributed by atoms with E-state index in [0.717, 1.165) is 12.8 Å². The number of aliphatic hydroxyl groups is 1. The van der Waals surface area contributed by atoms with Crippen molar-refractivity contribution in [2.75, 3.05) is 36.4 Å². The summed E-state index contributed by atoms with van der Waals surface area (Å²) in [5.41, 5.74) is 6.28. The molecule has 1 amide bonds. The zero-order chi connectivity index (χ0) is 25.9. The van der Waals surface area contributed by atoms with E-state index < -0.39 is 23.6 Å². The second-order valence-electron chi connectivity index (χ2n) is 9.64. The number of nitrogens with zero attached hydrogens (tertiary/aromatic N) is 6. The summed E-state index contributed by atoms with van der Waals surface area (Å²) in [4.78, 5) is 23.0. The Bertz CT molecular complexity index is 1240. The van der Waals surface area contributed by atoms with Gasteiger partial charge in [0.25, 0.3) is 0 Å².